The van der Waals surface area contributed by atoms with E-state index in [0.717, 1.165) is 12.1 Å². The quantitative estimate of drug-likeness (QED) is 0.836. The van der Waals surface area contributed by atoms with Crippen molar-refractivity contribution in [1.82, 2.24) is 5.32 Å². The first kappa shape index (κ1) is 16.2. The van der Waals surface area contributed by atoms with E-state index in [0.29, 0.717) is 6.54 Å². The number of rotatable bonds is 6. The highest BCUT2D eigenvalue weighted by Gasteiger charge is 2.21. The lowest BCUT2D eigenvalue weighted by Crippen LogP contribution is -3.12. The molecular weight excluding hydrogens is 272 g/mol. The maximum atomic E-state index is 12.3. The van der Waals surface area contributed by atoms with Crippen LogP contribution in [-0.4, -0.2) is 19.0 Å². The Morgan fingerprint density at radius 1 is 1.05 bits per heavy atom. The van der Waals surface area contributed by atoms with Crippen molar-refractivity contribution in [3.63, 3.8) is 0 Å². The molecule has 0 fully saturated rings. The molecule has 0 radical (unpaired) electrons. The Balaban J connectivity index is 1.85. The van der Waals surface area contributed by atoms with Gasteiger partial charge in [0.15, 0.2) is 6.04 Å². The molecule has 0 bridgehead atoms. The van der Waals surface area contributed by atoms with Gasteiger partial charge >= 0.3 is 0 Å². The predicted molar refractivity (Wildman–Crippen MR) is 89.5 cm³/mol. The number of hydrogen-bond acceptors (Lipinski definition) is 1. The molecule has 0 heterocycles. The van der Waals surface area contributed by atoms with Gasteiger partial charge in [0.1, 0.15) is 6.54 Å². The second-order valence-corrected chi connectivity index (χ2v) is 5.93. The van der Waals surface area contributed by atoms with E-state index in [4.69, 9.17) is 0 Å². The Hall–Kier alpha value is -2.13. The van der Waals surface area contributed by atoms with Crippen molar-refractivity contribution in [2.75, 3.05) is 7.05 Å². The zero-order chi connectivity index (χ0) is 15.9. The number of carbonyl (C=O) groups excluding carboxylic acids is 1. The molecule has 2 aromatic rings. The molecule has 116 valence electrons. The number of carbonyl (C=O) groups is 1. The third-order valence-electron chi connectivity index (χ3n) is 4.05. The minimum Gasteiger partial charge on any atom is -0.347 e. The van der Waals surface area contributed by atoms with Gasteiger partial charge in [-0.2, -0.15) is 0 Å². The topological polar surface area (TPSA) is 33.5 Å². The van der Waals surface area contributed by atoms with Crippen molar-refractivity contribution in [1.29, 1.82) is 0 Å². The second kappa shape index (κ2) is 7.76. The summed E-state index contributed by atoms with van der Waals surface area (Å²) >= 11 is 0. The Morgan fingerprint density at radius 3 is 2.32 bits per heavy atom. The lowest BCUT2D eigenvalue weighted by Gasteiger charge is -2.21. The molecule has 3 nitrogen and oxygen atoms in total. The highest BCUT2D eigenvalue weighted by Crippen LogP contribution is 2.01. The fraction of sp³-hybridized carbons (Fsp3) is 0.316. The third-order valence-corrected chi connectivity index (χ3v) is 4.05. The Bertz CT molecular complexity index is 593. The van der Waals surface area contributed by atoms with Crippen molar-refractivity contribution in [3.8, 4) is 0 Å². The van der Waals surface area contributed by atoms with Crippen LogP contribution in [-0.2, 0) is 17.9 Å². The molecule has 0 saturated heterocycles. The fourth-order valence-corrected chi connectivity index (χ4v) is 2.34. The van der Waals surface area contributed by atoms with Gasteiger partial charge in [0.05, 0.1) is 7.05 Å². The molecule has 1 unspecified atom stereocenters. The number of hydrogen-bond donors (Lipinski definition) is 2. The van der Waals surface area contributed by atoms with Gasteiger partial charge in [0.25, 0.3) is 5.91 Å². The van der Waals surface area contributed by atoms with E-state index >= 15 is 0 Å². The summed E-state index contributed by atoms with van der Waals surface area (Å²) in [4.78, 5) is 13.5. The van der Waals surface area contributed by atoms with Crippen LogP contribution in [0.15, 0.2) is 54.6 Å². The number of nitrogens with one attached hydrogen (secondary N) is 2. The first-order valence-electron chi connectivity index (χ1n) is 7.76. The largest absolute Gasteiger partial charge is 0.347 e. The lowest BCUT2D eigenvalue weighted by atomic mass is 10.1. The zero-order valence-electron chi connectivity index (χ0n) is 13.6. The van der Waals surface area contributed by atoms with E-state index in [1.54, 1.807) is 0 Å². The fourth-order valence-electron chi connectivity index (χ4n) is 2.34. The van der Waals surface area contributed by atoms with Crippen LogP contribution in [0, 0.1) is 6.92 Å². The van der Waals surface area contributed by atoms with Crippen molar-refractivity contribution in [2.45, 2.75) is 33.0 Å². The van der Waals surface area contributed by atoms with Crippen LogP contribution in [0.2, 0.25) is 0 Å². The van der Waals surface area contributed by atoms with Gasteiger partial charge in [-0.05, 0) is 19.4 Å². The first-order valence-corrected chi connectivity index (χ1v) is 7.76. The van der Waals surface area contributed by atoms with E-state index in [-0.39, 0.29) is 11.9 Å². The molecule has 1 amide bonds. The normalized spacial score (nSPS) is 13.4. The van der Waals surface area contributed by atoms with Gasteiger partial charge in [-0.1, -0.05) is 60.2 Å². The lowest BCUT2D eigenvalue weighted by molar-refractivity contribution is -0.908. The van der Waals surface area contributed by atoms with Crippen molar-refractivity contribution >= 4 is 5.91 Å². The highest BCUT2D eigenvalue weighted by atomic mass is 16.2. The highest BCUT2D eigenvalue weighted by molar-refractivity contribution is 5.79. The molecule has 0 spiro atoms. The first-order chi connectivity index (χ1) is 10.6. The van der Waals surface area contributed by atoms with E-state index < -0.39 is 0 Å². The summed E-state index contributed by atoms with van der Waals surface area (Å²) in [5, 5.41) is 3.01. The minimum absolute atomic E-state index is 0.0787. The molecule has 2 N–H and O–H groups in total. The van der Waals surface area contributed by atoms with Crippen molar-refractivity contribution in [3.05, 3.63) is 71.3 Å². The molecule has 22 heavy (non-hydrogen) atoms. The van der Waals surface area contributed by atoms with Crippen LogP contribution in [0.3, 0.4) is 0 Å². The minimum atomic E-state index is -0.0787. The number of amides is 1. The van der Waals surface area contributed by atoms with Crippen LogP contribution in [0.25, 0.3) is 0 Å². The Labute approximate surface area is 133 Å². The maximum Gasteiger partial charge on any atom is 0.278 e. The van der Waals surface area contributed by atoms with Crippen LogP contribution < -0.4 is 10.2 Å². The Morgan fingerprint density at radius 2 is 1.68 bits per heavy atom. The summed E-state index contributed by atoms with van der Waals surface area (Å²) in [5.41, 5.74) is 3.64. The van der Waals surface area contributed by atoms with Crippen LogP contribution in [0.5, 0.6) is 0 Å². The van der Waals surface area contributed by atoms with E-state index in [2.05, 4.69) is 43.6 Å². The molecular formula is C19H25N2O+. The second-order valence-electron chi connectivity index (χ2n) is 5.93. The average Bonchev–Trinajstić information content (AvgIpc) is 2.55. The van der Waals surface area contributed by atoms with Crippen LogP contribution in [0.1, 0.15) is 23.6 Å². The maximum absolute atomic E-state index is 12.3. The summed E-state index contributed by atoms with van der Waals surface area (Å²) in [6, 6.07) is 18.4. The van der Waals surface area contributed by atoms with Crippen LogP contribution >= 0.6 is 0 Å². The summed E-state index contributed by atoms with van der Waals surface area (Å²) in [5.74, 6) is 0.0912. The van der Waals surface area contributed by atoms with Gasteiger partial charge in [-0.25, -0.2) is 0 Å². The van der Waals surface area contributed by atoms with Crippen LogP contribution in [0.4, 0.5) is 0 Å². The molecule has 0 aromatic heterocycles. The monoisotopic (exact) mass is 297 g/mol. The van der Waals surface area contributed by atoms with Gasteiger partial charge in [-0.15, -0.1) is 0 Å². The number of benzene rings is 2. The standard InChI is InChI=1S/C19H24N2O/c1-15-9-11-18(12-10-15)14-21(3)16(2)19(22)20-13-17-7-5-4-6-8-17/h4-12,16H,13-14H2,1-3H3,(H,20,22)/p+1/t16-/m0/s1. The SMILES string of the molecule is Cc1ccc(C[NH+](C)[C@@H](C)C(=O)NCc2ccccc2)cc1. The summed E-state index contributed by atoms with van der Waals surface area (Å²) in [6.45, 7) is 5.49. The number of quaternary nitrogens is 1. The average molecular weight is 297 g/mol. The van der Waals surface area contributed by atoms with Crippen molar-refractivity contribution < 1.29 is 9.69 Å². The van der Waals surface area contributed by atoms with Gasteiger partial charge in [0, 0.05) is 12.1 Å². The molecule has 3 heteroatoms. The smallest absolute Gasteiger partial charge is 0.278 e. The van der Waals surface area contributed by atoms with E-state index in [9.17, 15) is 4.79 Å². The van der Waals surface area contributed by atoms with Gasteiger partial charge < -0.3 is 10.2 Å². The third kappa shape index (κ3) is 4.71. The molecule has 0 aliphatic rings. The molecule has 2 rings (SSSR count). The molecule has 0 aliphatic heterocycles. The number of aryl methyl sites for hydroxylation is 1. The molecule has 0 aliphatic carbocycles. The van der Waals surface area contributed by atoms with Gasteiger partial charge in [-0.3, -0.25) is 4.79 Å². The zero-order valence-corrected chi connectivity index (χ0v) is 13.6. The molecule has 0 saturated carbocycles. The van der Waals surface area contributed by atoms with Gasteiger partial charge in [0.2, 0.25) is 0 Å². The molecule has 2 atom stereocenters. The number of likely N-dealkylation sites (N-methyl/N-ethyl adjacent to an activating group) is 1. The summed E-state index contributed by atoms with van der Waals surface area (Å²) < 4.78 is 0. The molecule has 2 aromatic carbocycles. The van der Waals surface area contributed by atoms with E-state index in [1.807, 2.05) is 37.3 Å². The summed E-state index contributed by atoms with van der Waals surface area (Å²) in [6.07, 6.45) is 0. The predicted octanol–water partition coefficient (Wildman–Crippen LogP) is 1.71. The Kier molecular flexibility index (Phi) is 5.73. The van der Waals surface area contributed by atoms with Crippen molar-refractivity contribution in [2.24, 2.45) is 0 Å². The van der Waals surface area contributed by atoms with E-state index in [1.165, 1.54) is 16.0 Å². The summed E-state index contributed by atoms with van der Waals surface area (Å²) in [7, 11) is 2.06.